The Morgan fingerprint density at radius 1 is 1.04 bits per heavy atom. The van der Waals surface area contributed by atoms with Gasteiger partial charge >= 0.3 is 0 Å². The molecular formula is C22H17ClN2OS. The first-order valence-electron chi connectivity index (χ1n) is 8.51. The van der Waals surface area contributed by atoms with Crippen molar-refractivity contribution in [3.8, 4) is 16.8 Å². The molecular weight excluding hydrogens is 376 g/mol. The van der Waals surface area contributed by atoms with E-state index in [1.807, 2.05) is 71.7 Å². The Labute approximate surface area is 166 Å². The smallest absolute Gasteiger partial charge is 0.267 e. The Hall–Kier alpha value is -2.82. The zero-order valence-corrected chi connectivity index (χ0v) is 16.2. The van der Waals surface area contributed by atoms with E-state index in [1.54, 1.807) is 6.07 Å². The topological polar surface area (TPSA) is 34.0 Å². The van der Waals surface area contributed by atoms with E-state index in [9.17, 15) is 4.79 Å². The number of aryl methyl sites for hydroxylation is 1. The molecule has 3 nitrogen and oxygen atoms in total. The minimum absolute atomic E-state index is 0.142. The Kier molecular flexibility index (Phi) is 4.84. The molecule has 0 fully saturated rings. The highest BCUT2D eigenvalue weighted by Gasteiger charge is 2.21. The number of anilines is 1. The third-order valence-corrected chi connectivity index (χ3v) is 5.57. The molecule has 0 spiro atoms. The van der Waals surface area contributed by atoms with Crippen molar-refractivity contribution in [1.29, 1.82) is 0 Å². The molecule has 0 aliphatic heterocycles. The molecule has 0 saturated carbocycles. The van der Waals surface area contributed by atoms with Gasteiger partial charge in [-0.1, -0.05) is 48.0 Å². The first-order chi connectivity index (χ1) is 13.1. The predicted molar refractivity (Wildman–Crippen MR) is 113 cm³/mol. The number of halogens is 1. The SMILES string of the molecule is Cc1ccc(Cl)cc1NC(=O)c1scc(-c2ccccc2)c1-n1cccc1. The molecule has 0 radical (unpaired) electrons. The van der Waals surface area contributed by atoms with Crippen molar-refractivity contribution in [1.82, 2.24) is 4.57 Å². The van der Waals surface area contributed by atoms with Crippen molar-refractivity contribution in [2.24, 2.45) is 0 Å². The van der Waals surface area contributed by atoms with Gasteiger partial charge in [-0.3, -0.25) is 4.79 Å². The summed E-state index contributed by atoms with van der Waals surface area (Å²) in [5.74, 6) is -0.142. The molecule has 4 aromatic rings. The number of hydrogen-bond donors (Lipinski definition) is 1. The van der Waals surface area contributed by atoms with Gasteiger partial charge < -0.3 is 9.88 Å². The minimum atomic E-state index is -0.142. The standard InChI is InChI=1S/C22H17ClN2OS/c1-15-9-10-17(23)13-19(15)24-22(26)21-20(25-11-5-6-12-25)18(14-27-21)16-7-3-2-4-8-16/h2-14H,1H3,(H,24,26). The Morgan fingerprint density at radius 3 is 2.52 bits per heavy atom. The fourth-order valence-corrected chi connectivity index (χ4v) is 4.12. The van der Waals surface area contributed by atoms with Crippen LogP contribution >= 0.6 is 22.9 Å². The van der Waals surface area contributed by atoms with E-state index in [4.69, 9.17) is 11.6 Å². The van der Waals surface area contributed by atoms with E-state index in [0.717, 1.165) is 28.1 Å². The number of nitrogens with zero attached hydrogens (tertiary/aromatic N) is 1. The largest absolute Gasteiger partial charge is 0.322 e. The van der Waals surface area contributed by atoms with Crippen LogP contribution in [0.25, 0.3) is 16.8 Å². The molecule has 0 unspecified atom stereocenters. The third kappa shape index (κ3) is 3.54. The van der Waals surface area contributed by atoms with Gasteiger partial charge in [-0.25, -0.2) is 0 Å². The van der Waals surface area contributed by atoms with E-state index in [1.165, 1.54) is 11.3 Å². The molecule has 1 amide bonds. The van der Waals surface area contributed by atoms with Crippen molar-refractivity contribution in [2.45, 2.75) is 6.92 Å². The van der Waals surface area contributed by atoms with Crippen LogP contribution in [-0.4, -0.2) is 10.5 Å². The lowest BCUT2D eigenvalue weighted by Crippen LogP contribution is -2.13. The Balaban J connectivity index is 1.78. The van der Waals surface area contributed by atoms with Gasteiger partial charge in [0.25, 0.3) is 5.91 Å². The molecule has 2 aromatic carbocycles. The summed E-state index contributed by atoms with van der Waals surface area (Å²) in [6, 6.07) is 19.5. The van der Waals surface area contributed by atoms with Crippen LogP contribution in [0.5, 0.6) is 0 Å². The van der Waals surface area contributed by atoms with E-state index < -0.39 is 0 Å². The fourth-order valence-electron chi connectivity index (χ4n) is 2.98. The van der Waals surface area contributed by atoms with E-state index in [0.29, 0.717) is 9.90 Å². The van der Waals surface area contributed by atoms with Crippen LogP contribution in [0.2, 0.25) is 5.02 Å². The molecule has 2 heterocycles. The summed E-state index contributed by atoms with van der Waals surface area (Å²) >= 11 is 7.53. The van der Waals surface area contributed by atoms with Crippen LogP contribution in [0, 0.1) is 6.92 Å². The number of amides is 1. The maximum Gasteiger partial charge on any atom is 0.267 e. The van der Waals surface area contributed by atoms with Gasteiger partial charge in [0.05, 0.1) is 5.69 Å². The van der Waals surface area contributed by atoms with E-state index >= 15 is 0 Å². The lowest BCUT2D eigenvalue weighted by Gasteiger charge is -2.11. The molecule has 134 valence electrons. The fraction of sp³-hybridized carbons (Fsp3) is 0.0455. The molecule has 0 aliphatic carbocycles. The first kappa shape index (κ1) is 17.6. The average Bonchev–Trinajstić information content (AvgIpc) is 3.34. The van der Waals surface area contributed by atoms with Crippen molar-refractivity contribution >= 4 is 34.5 Å². The number of benzene rings is 2. The number of nitrogens with one attached hydrogen (secondary N) is 1. The van der Waals surface area contributed by atoms with E-state index in [-0.39, 0.29) is 5.91 Å². The van der Waals surface area contributed by atoms with Crippen molar-refractivity contribution in [3.05, 3.63) is 93.9 Å². The number of aromatic nitrogens is 1. The predicted octanol–water partition coefficient (Wildman–Crippen LogP) is 6.42. The van der Waals surface area contributed by atoms with Crippen LogP contribution < -0.4 is 5.32 Å². The second kappa shape index (κ2) is 7.43. The molecule has 2 aromatic heterocycles. The third-order valence-electron chi connectivity index (χ3n) is 4.37. The zero-order chi connectivity index (χ0) is 18.8. The second-order valence-corrected chi connectivity index (χ2v) is 7.51. The number of hydrogen-bond acceptors (Lipinski definition) is 2. The van der Waals surface area contributed by atoms with Crippen LogP contribution in [-0.2, 0) is 0 Å². The highest BCUT2D eigenvalue weighted by atomic mass is 35.5. The van der Waals surface area contributed by atoms with E-state index in [2.05, 4.69) is 17.4 Å². The number of carbonyl (C=O) groups is 1. The quantitative estimate of drug-likeness (QED) is 0.427. The maximum absolute atomic E-state index is 13.1. The Morgan fingerprint density at radius 2 is 1.78 bits per heavy atom. The molecule has 5 heteroatoms. The highest BCUT2D eigenvalue weighted by molar-refractivity contribution is 7.13. The summed E-state index contributed by atoms with van der Waals surface area (Å²) in [6.07, 6.45) is 3.91. The summed E-state index contributed by atoms with van der Waals surface area (Å²) < 4.78 is 1.98. The molecule has 0 aliphatic rings. The average molecular weight is 393 g/mol. The minimum Gasteiger partial charge on any atom is -0.322 e. The summed E-state index contributed by atoms with van der Waals surface area (Å²) in [6.45, 7) is 1.95. The summed E-state index contributed by atoms with van der Waals surface area (Å²) in [7, 11) is 0. The van der Waals surface area contributed by atoms with Gasteiger partial charge in [0, 0.05) is 34.0 Å². The molecule has 4 rings (SSSR count). The lowest BCUT2D eigenvalue weighted by molar-refractivity contribution is 0.103. The lowest BCUT2D eigenvalue weighted by atomic mass is 10.1. The second-order valence-electron chi connectivity index (χ2n) is 6.20. The summed E-state index contributed by atoms with van der Waals surface area (Å²) in [5, 5.41) is 5.64. The van der Waals surface area contributed by atoms with Gasteiger partial charge in [-0.2, -0.15) is 0 Å². The van der Waals surface area contributed by atoms with Crippen LogP contribution in [0.15, 0.2) is 78.4 Å². The number of carbonyl (C=O) groups excluding carboxylic acids is 1. The Bertz CT molecular complexity index is 1080. The van der Waals surface area contributed by atoms with Crippen LogP contribution in [0.4, 0.5) is 5.69 Å². The molecule has 27 heavy (non-hydrogen) atoms. The monoisotopic (exact) mass is 392 g/mol. The van der Waals surface area contributed by atoms with Gasteiger partial charge in [0.15, 0.2) is 0 Å². The summed E-state index contributed by atoms with van der Waals surface area (Å²) in [4.78, 5) is 13.7. The van der Waals surface area contributed by atoms with Gasteiger partial charge in [-0.15, -0.1) is 11.3 Å². The molecule has 0 bridgehead atoms. The first-order valence-corrected chi connectivity index (χ1v) is 9.77. The summed E-state index contributed by atoms with van der Waals surface area (Å²) in [5.41, 5.74) is 4.68. The number of rotatable bonds is 4. The molecule has 0 atom stereocenters. The van der Waals surface area contributed by atoms with Gasteiger partial charge in [0.1, 0.15) is 4.88 Å². The van der Waals surface area contributed by atoms with Crippen molar-refractivity contribution in [2.75, 3.05) is 5.32 Å². The van der Waals surface area contributed by atoms with Crippen molar-refractivity contribution in [3.63, 3.8) is 0 Å². The van der Waals surface area contributed by atoms with Crippen LogP contribution in [0.3, 0.4) is 0 Å². The van der Waals surface area contributed by atoms with Crippen molar-refractivity contribution < 1.29 is 4.79 Å². The molecule has 1 N–H and O–H groups in total. The van der Waals surface area contributed by atoms with Gasteiger partial charge in [-0.05, 0) is 42.3 Å². The molecule has 0 saturated heterocycles. The highest BCUT2D eigenvalue weighted by Crippen LogP contribution is 2.35. The van der Waals surface area contributed by atoms with Crippen LogP contribution in [0.1, 0.15) is 15.2 Å². The zero-order valence-electron chi connectivity index (χ0n) is 14.6. The number of thiophene rings is 1. The van der Waals surface area contributed by atoms with Gasteiger partial charge in [0.2, 0.25) is 0 Å². The maximum atomic E-state index is 13.1. The normalized spacial score (nSPS) is 10.7.